The fourth-order valence-corrected chi connectivity index (χ4v) is 4.84. The molecule has 3 heterocycles. The van der Waals surface area contributed by atoms with Gasteiger partial charge in [-0.15, -0.1) is 0 Å². The lowest BCUT2D eigenvalue weighted by molar-refractivity contribution is -0.130. The quantitative estimate of drug-likeness (QED) is 0.518. The SMILES string of the molecule is CC(=O)N1CCC[C@@H](CCS(=O)(=O)c2ncc(B3OC(C)(C)C(C)(C)O3)cn2)C1. The standard InChI is InChI=1S/C19H30BN3O5S/c1-14(24)23-9-6-7-15(13-23)8-10-29(25,26)17-21-11-16(12-22-17)20-27-18(2,3)19(4,5)28-20/h11-12,15H,6-10,13H2,1-5H3/t15-/m0/s1. The van der Waals surface area contributed by atoms with Crippen molar-refractivity contribution < 1.29 is 22.5 Å². The van der Waals surface area contributed by atoms with Crippen LogP contribution in [0.3, 0.4) is 0 Å². The van der Waals surface area contributed by atoms with Gasteiger partial charge < -0.3 is 14.2 Å². The minimum Gasteiger partial charge on any atom is -0.399 e. The first kappa shape index (κ1) is 22.2. The number of aromatic nitrogens is 2. The van der Waals surface area contributed by atoms with Gasteiger partial charge in [-0.25, -0.2) is 18.4 Å². The largest absolute Gasteiger partial charge is 0.498 e. The molecule has 0 saturated carbocycles. The fraction of sp³-hybridized carbons (Fsp3) is 0.737. The zero-order chi connectivity index (χ0) is 21.4. The van der Waals surface area contributed by atoms with Crippen LogP contribution >= 0.6 is 0 Å². The summed E-state index contributed by atoms with van der Waals surface area (Å²) >= 11 is 0. The predicted molar refractivity (Wildman–Crippen MR) is 109 cm³/mol. The first-order valence-corrected chi connectivity index (χ1v) is 11.7. The first-order valence-electron chi connectivity index (χ1n) is 10.1. The van der Waals surface area contributed by atoms with Gasteiger partial charge in [0, 0.05) is 37.9 Å². The van der Waals surface area contributed by atoms with E-state index in [2.05, 4.69) is 9.97 Å². The maximum atomic E-state index is 12.7. The summed E-state index contributed by atoms with van der Waals surface area (Å²) in [7, 11) is -4.22. The predicted octanol–water partition coefficient (Wildman–Crippen LogP) is 1.20. The fourth-order valence-electron chi connectivity index (χ4n) is 3.59. The van der Waals surface area contributed by atoms with Gasteiger partial charge in [-0.1, -0.05) is 0 Å². The molecule has 0 bridgehead atoms. The number of carbonyl (C=O) groups is 1. The number of nitrogens with zero attached hydrogens (tertiary/aromatic N) is 3. The molecule has 3 rings (SSSR count). The Morgan fingerprint density at radius 2 is 1.79 bits per heavy atom. The Hall–Kier alpha value is -1.52. The van der Waals surface area contributed by atoms with E-state index >= 15 is 0 Å². The van der Waals surface area contributed by atoms with Gasteiger partial charge in [0.1, 0.15) is 0 Å². The maximum absolute atomic E-state index is 12.7. The Balaban J connectivity index is 1.62. The number of carbonyl (C=O) groups excluding carboxylic acids is 1. The minimum atomic E-state index is -3.59. The summed E-state index contributed by atoms with van der Waals surface area (Å²) in [5, 5.41) is -0.183. The molecule has 2 fully saturated rings. The second-order valence-electron chi connectivity index (χ2n) is 8.97. The summed E-state index contributed by atoms with van der Waals surface area (Å²) in [6.45, 7) is 10.7. The normalized spacial score (nSPS) is 24.0. The highest BCUT2D eigenvalue weighted by Crippen LogP contribution is 2.36. The minimum absolute atomic E-state index is 0.0285. The molecule has 2 aliphatic heterocycles. The Labute approximate surface area is 173 Å². The number of amides is 1. The van der Waals surface area contributed by atoms with Crippen LogP contribution < -0.4 is 5.46 Å². The monoisotopic (exact) mass is 423 g/mol. The average Bonchev–Trinajstić information content (AvgIpc) is 2.88. The summed E-state index contributed by atoms with van der Waals surface area (Å²) in [5.74, 6) is 0.199. The van der Waals surface area contributed by atoms with Gasteiger partial charge in [-0.3, -0.25) is 4.79 Å². The van der Waals surface area contributed by atoms with Gasteiger partial charge in [0.15, 0.2) is 0 Å². The van der Waals surface area contributed by atoms with E-state index in [1.54, 1.807) is 11.8 Å². The van der Waals surface area contributed by atoms with Crippen molar-refractivity contribution in [2.45, 2.75) is 70.2 Å². The Bertz CT molecular complexity index is 841. The number of hydrogen-bond donors (Lipinski definition) is 0. The highest BCUT2D eigenvalue weighted by Gasteiger charge is 2.52. The molecule has 1 aromatic rings. The number of hydrogen-bond acceptors (Lipinski definition) is 7. The second-order valence-corrected chi connectivity index (χ2v) is 11.0. The van der Waals surface area contributed by atoms with E-state index in [9.17, 15) is 13.2 Å². The Morgan fingerprint density at radius 3 is 2.34 bits per heavy atom. The molecular weight excluding hydrogens is 393 g/mol. The smallest absolute Gasteiger partial charge is 0.399 e. The summed E-state index contributed by atoms with van der Waals surface area (Å²) in [4.78, 5) is 21.5. The van der Waals surface area contributed by atoms with Crippen LogP contribution in [0.2, 0.25) is 0 Å². The van der Waals surface area contributed by atoms with E-state index in [4.69, 9.17) is 9.31 Å². The van der Waals surface area contributed by atoms with Crippen molar-refractivity contribution >= 4 is 28.3 Å². The van der Waals surface area contributed by atoms with E-state index in [0.29, 0.717) is 18.4 Å². The van der Waals surface area contributed by atoms with Crippen molar-refractivity contribution in [3.63, 3.8) is 0 Å². The summed E-state index contributed by atoms with van der Waals surface area (Å²) in [6, 6.07) is 0. The van der Waals surface area contributed by atoms with Crippen LogP contribution in [0.15, 0.2) is 17.6 Å². The molecule has 1 aromatic heterocycles. The van der Waals surface area contributed by atoms with E-state index in [1.807, 2.05) is 27.7 Å². The van der Waals surface area contributed by atoms with Crippen molar-refractivity contribution in [3.05, 3.63) is 12.4 Å². The third-order valence-electron chi connectivity index (χ3n) is 6.21. The van der Waals surface area contributed by atoms with Crippen LogP contribution in [0.5, 0.6) is 0 Å². The second kappa shape index (κ2) is 7.96. The van der Waals surface area contributed by atoms with Crippen molar-refractivity contribution in [3.8, 4) is 0 Å². The average molecular weight is 423 g/mol. The van der Waals surface area contributed by atoms with E-state index in [1.165, 1.54) is 12.4 Å². The van der Waals surface area contributed by atoms with E-state index < -0.39 is 28.2 Å². The Kier molecular flexibility index (Phi) is 6.09. The van der Waals surface area contributed by atoms with Crippen LogP contribution in [-0.2, 0) is 23.9 Å². The molecule has 2 aliphatic rings. The number of likely N-dealkylation sites (tertiary alicyclic amines) is 1. The molecule has 29 heavy (non-hydrogen) atoms. The van der Waals surface area contributed by atoms with Crippen LogP contribution in [0.4, 0.5) is 0 Å². The van der Waals surface area contributed by atoms with Gasteiger partial charge in [0.25, 0.3) is 0 Å². The van der Waals surface area contributed by atoms with Crippen LogP contribution in [-0.4, -0.2) is 66.4 Å². The van der Waals surface area contributed by atoms with Crippen molar-refractivity contribution in [1.29, 1.82) is 0 Å². The molecular formula is C19H30BN3O5S. The molecule has 0 spiro atoms. The van der Waals surface area contributed by atoms with Crippen LogP contribution in [0.1, 0.15) is 53.9 Å². The summed E-state index contributed by atoms with van der Waals surface area (Å²) in [6.07, 6.45) is 5.25. The molecule has 0 aliphatic carbocycles. The first-order chi connectivity index (χ1) is 13.4. The maximum Gasteiger partial charge on any atom is 0.498 e. The van der Waals surface area contributed by atoms with Crippen molar-refractivity contribution in [2.24, 2.45) is 5.92 Å². The molecule has 10 heteroatoms. The summed E-state index contributed by atoms with van der Waals surface area (Å²) < 4.78 is 37.2. The van der Waals surface area contributed by atoms with E-state index in [0.717, 1.165) is 19.4 Å². The molecule has 1 atom stereocenters. The number of sulfone groups is 1. The molecule has 0 unspecified atom stereocenters. The number of piperidine rings is 1. The highest BCUT2D eigenvalue weighted by atomic mass is 32.2. The molecule has 2 saturated heterocycles. The molecule has 0 radical (unpaired) electrons. The van der Waals surface area contributed by atoms with E-state index in [-0.39, 0.29) is 22.7 Å². The zero-order valence-electron chi connectivity index (χ0n) is 17.8. The Morgan fingerprint density at radius 1 is 1.21 bits per heavy atom. The summed E-state index contributed by atoms with van der Waals surface area (Å²) in [5.41, 5.74) is -0.390. The third kappa shape index (κ3) is 4.80. The van der Waals surface area contributed by atoms with Gasteiger partial charge in [-0.05, 0) is 52.9 Å². The number of rotatable bonds is 5. The van der Waals surface area contributed by atoms with Gasteiger partial charge in [-0.2, -0.15) is 0 Å². The topological polar surface area (TPSA) is 98.7 Å². The van der Waals surface area contributed by atoms with Crippen molar-refractivity contribution in [1.82, 2.24) is 14.9 Å². The lowest BCUT2D eigenvalue weighted by Crippen LogP contribution is -2.41. The molecule has 0 aromatic carbocycles. The highest BCUT2D eigenvalue weighted by molar-refractivity contribution is 7.91. The van der Waals surface area contributed by atoms with Gasteiger partial charge in [0.05, 0.1) is 17.0 Å². The van der Waals surface area contributed by atoms with Crippen LogP contribution in [0, 0.1) is 5.92 Å². The molecule has 1 amide bonds. The van der Waals surface area contributed by atoms with Gasteiger partial charge in [0.2, 0.25) is 20.9 Å². The van der Waals surface area contributed by atoms with Crippen LogP contribution in [0.25, 0.3) is 0 Å². The van der Waals surface area contributed by atoms with Crippen molar-refractivity contribution in [2.75, 3.05) is 18.8 Å². The molecule has 8 nitrogen and oxygen atoms in total. The lowest BCUT2D eigenvalue weighted by atomic mass is 9.81. The molecule has 0 N–H and O–H groups in total. The lowest BCUT2D eigenvalue weighted by Gasteiger charge is -2.32. The molecule has 160 valence electrons. The third-order valence-corrected chi connectivity index (χ3v) is 7.75. The zero-order valence-corrected chi connectivity index (χ0v) is 18.7. The van der Waals surface area contributed by atoms with Gasteiger partial charge >= 0.3 is 7.12 Å².